The van der Waals surface area contributed by atoms with Crippen molar-refractivity contribution in [2.45, 2.75) is 146 Å². The van der Waals surface area contributed by atoms with Gasteiger partial charge in [0.2, 0.25) is 57.0 Å². The molecule has 0 spiro atoms. The standard InChI is InChI=1S/C29H29N2O.C28H27N2O.C26H25N2O.C24H21N2O.C23H19N2O/c1-19-22-11-6-7-12-23(22)27-24-13-8-15-30-29(24)32-28(27)26(19)25-18-21(14-16-31(25)2)17-20-9-4-3-5-10-20;1-18-21-10-5-6-11-22(21)26-23-12-7-14-29-28(23)31-27(26)25(18)24-17-20(13-15-30(24)2)16-19-8-3-4-9-19;1-16(2)14-18-11-13-28(4)22(15-18)23-17(3)19-8-5-6-9-20(19)24-21-10-7-12-27-26(21)29-25(23)24;1-4-16-11-13-26(3)20(14-16)21-15(2)17-8-5-6-9-18(17)22-19-10-7-12-25-24(19)27-23(21)22;1-14-10-12-25(3)19(13-14)20-15(2)16-7-4-5-8-17(16)21-18-9-6-11-24-23(18)26-22(20)21/h6-8,11-16,18,20H,3-5,9-10,17H2,1-2H3;5-7,10-15,17,19H,3-4,8-9,16H2,1-2H3;5-13,15-16H,14H2,1-4H3;5-14H,4H2,1-3H3;4-13H,1-3H3/q5*+1/i;;;4D2;. The van der Waals surface area contributed by atoms with Gasteiger partial charge >= 0.3 is 0 Å². The third kappa shape index (κ3) is 16.8. The summed E-state index contributed by atoms with van der Waals surface area (Å²) >= 11 is 0. The number of nitrogens with zero attached hydrogens (tertiary/aromatic N) is 10. The highest BCUT2D eigenvalue weighted by atomic mass is 16.4. The molecule has 0 N–H and O–H groups in total. The lowest BCUT2D eigenvalue weighted by molar-refractivity contribution is -0.660. The van der Waals surface area contributed by atoms with Crippen molar-refractivity contribution in [1.82, 2.24) is 24.9 Å². The molecule has 15 heterocycles. The van der Waals surface area contributed by atoms with E-state index in [-0.39, 0.29) is 0 Å². The summed E-state index contributed by atoms with van der Waals surface area (Å²) < 4.78 is 59.0. The van der Waals surface area contributed by atoms with Crippen LogP contribution in [0.1, 0.15) is 137 Å². The van der Waals surface area contributed by atoms with Gasteiger partial charge in [-0.05, 0) is 255 Å². The summed E-state index contributed by atoms with van der Waals surface area (Å²) in [6, 6.07) is 85.2. The Morgan fingerprint density at radius 3 is 0.779 bits per heavy atom. The summed E-state index contributed by atoms with van der Waals surface area (Å²) in [6.45, 7) is 19.2. The molecule has 15 heteroatoms. The Bertz CT molecular complexity index is 9540. The largest absolute Gasteiger partial charge is 0.437 e. The van der Waals surface area contributed by atoms with Gasteiger partial charge in [0.25, 0.3) is 0 Å². The molecule has 2 saturated carbocycles. The average Bonchev–Trinajstić information content (AvgIpc) is 1.62. The van der Waals surface area contributed by atoms with Gasteiger partial charge in [0, 0.05) is 148 Å². The lowest BCUT2D eigenvalue weighted by atomic mass is 9.84. The molecule has 2 fully saturated rings. The van der Waals surface area contributed by atoms with Gasteiger partial charge in [-0.25, -0.2) is 47.8 Å². The number of furan rings is 5. The highest BCUT2D eigenvalue weighted by Gasteiger charge is 2.33. The Hall–Kier alpha value is -16.0. The SMILES string of the molecule is Cc1c(-c2cc(CC(C)C)cc[n+]2C)c2oc3ncccc3c2c2ccccc12.Cc1c(-c2cc(CC3CCCC3)cc[n+]2C)c2oc3ncccc3c2c2ccccc12.Cc1c(-c2cc(CC3CCCCC3)cc[n+]2C)c2oc3ncccc3c2c2ccccc12.Cc1cc[n+](C)c(-c2c(C)c3ccccc3c3c2oc2ncccc23)c1.[2H]C([2H])(C)c1cc[n+](C)c(-c2c(C)c3ccccc3c3c2oc2ncccc23)c1. The number of hydrogen-bond acceptors (Lipinski definition) is 10. The summed E-state index contributed by atoms with van der Waals surface area (Å²) in [5.41, 5.74) is 31.4. The van der Waals surface area contributed by atoms with Crippen LogP contribution in [0, 0.1) is 59.3 Å². The summed E-state index contributed by atoms with van der Waals surface area (Å²) in [4.78, 5) is 22.4. The molecule has 145 heavy (non-hydrogen) atoms. The van der Waals surface area contributed by atoms with Crippen LogP contribution < -0.4 is 22.8 Å². The molecular weight excluding hydrogens is 1780 g/mol. The predicted molar refractivity (Wildman–Crippen MR) is 590 cm³/mol. The number of fused-ring (bicyclic) bond motifs is 25. The van der Waals surface area contributed by atoms with E-state index in [2.05, 4.69) is 334 Å². The maximum atomic E-state index is 8.16. The molecule has 0 atom stereocenters. The van der Waals surface area contributed by atoms with E-state index in [1.165, 1.54) is 197 Å². The Labute approximate surface area is 846 Å². The molecule has 2 aliphatic carbocycles. The number of pyridine rings is 10. The molecule has 716 valence electrons. The first-order valence-corrected chi connectivity index (χ1v) is 51.3. The van der Waals surface area contributed by atoms with Gasteiger partial charge < -0.3 is 22.1 Å². The molecular formula is C130H121N10O5+5. The van der Waals surface area contributed by atoms with Crippen molar-refractivity contribution >= 4 is 164 Å². The van der Waals surface area contributed by atoms with Crippen molar-refractivity contribution in [1.29, 1.82) is 0 Å². The molecule has 0 unspecified atom stereocenters. The Morgan fingerprint density at radius 2 is 0.503 bits per heavy atom. The van der Waals surface area contributed by atoms with Crippen LogP contribution in [0.15, 0.2) is 327 Å². The van der Waals surface area contributed by atoms with Crippen molar-refractivity contribution in [3.63, 3.8) is 0 Å². The van der Waals surface area contributed by atoms with Crippen LogP contribution in [0.3, 0.4) is 0 Å². The first kappa shape index (κ1) is 90.3. The number of benzene rings is 10. The predicted octanol–water partition coefficient (Wildman–Crippen LogP) is 30.6. The summed E-state index contributed by atoms with van der Waals surface area (Å²) in [6.07, 6.45) is 33.9. The third-order valence-electron chi connectivity index (χ3n) is 30.9. The van der Waals surface area contributed by atoms with Gasteiger partial charge in [0.05, 0.1) is 27.8 Å². The van der Waals surface area contributed by atoms with Crippen LogP contribution in [-0.2, 0) is 60.9 Å². The van der Waals surface area contributed by atoms with Gasteiger partial charge in [0.15, 0.2) is 58.9 Å². The van der Waals surface area contributed by atoms with Crippen LogP contribution >= 0.6 is 0 Å². The van der Waals surface area contributed by atoms with Gasteiger partial charge in [-0.1, -0.05) is 200 Å². The first-order valence-electron chi connectivity index (χ1n) is 52.3. The number of hydrogen-bond donors (Lipinski definition) is 0. The zero-order valence-corrected chi connectivity index (χ0v) is 85.1. The van der Waals surface area contributed by atoms with Crippen molar-refractivity contribution in [3.8, 4) is 56.3 Å². The average molecular weight is 1910 g/mol. The lowest BCUT2D eigenvalue weighted by Gasteiger charge is -2.21. The summed E-state index contributed by atoms with van der Waals surface area (Å²) in [7, 11) is 10.4. The van der Waals surface area contributed by atoms with Crippen LogP contribution in [-0.4, -0.2) is 24.9 Å². The van der Waals surface area contributed by atoms with Gasteiger partial charge in [-0.3, -0.25) is 0 Å². The van der Waals surface area contributed by atoms with E-state index in [1.807, 2.05) is 90.9 Å². The lowest BCUT2D eigenvalue weighted by Crippen LogP contribution is -2.31. The maximum absolute atomic E-state index is 8.16. The van der Waals surface area contributed by atoms with E-state index in [4.69, 9.17) is 24.8 Å². The second-order valence-corrected chi connectivity index (χ2v) is 40.7. The Balaban J connectivity index is 0.000000101. The summed E-state index contributed by atoms with van der Waals surface area (Å²) in [5.74, 6) is 2.26. The number of aryl methyl sites for hydroxylation is 12. The molecule has 15 nitrogen and oxygen atoms in total. The first-order chi connectivity index (χ1) is 71.5. The van der Waals surface area contributed by atoms with E-state index < -0.39 is 6.37 Å². The highest BCUT2D eigenvalue weighted by Crippen LogP contribution is 2.50. The third-order valence-corrected chi connectivity index (χ3v) is 30.9. The van der Waals surface area contributed by atoms with E-state index >= 15 is 0 Å². The smallest absolute Gasteiger partial charge is 0.227 e. The van der Waals surface area contributed by atoms with Gasteiger partial charge in [-0.2, -0.15) is 0 Å². The Kier molecular flexibility index (Phi) is 24.1. The van der Waals surface area contributed by atoms with E-state index in [0.717, 1.165) is 134 Å². The monoisotopic (exact) mass is 1900 g/mol. The molecule has 15 aromatic heterocycles. The fourth-order valence-electron chi connectivity index (χ4n) is 23.7. The minimum atomic E-state index is -1.43. The molecule has 2 aliphatic rings. The molecule has 10 aromatic carbocycles. The molecule has 0 aliphatic heterocycles. The Morgan fingerprint density at radius 1 is 0.276 bits per heavy atom. The van der Waals surface area contributed by atoms with E-state index in [0.29, 0.717) is 40.0 Å². The van der Waals surface area contributed by atoms with Crippen molar-refractivity contribution in [3.05, 3.63) is 360 Å². The topological polar surface area (TPSA) is 150 Å². The van der Waals surface area contributed by atoms with Crippen LogP contribution in [0.5, 0.6) is 0 Å². The molecule has 0 saturated heterocycles. The van der Waals surface area contributed by atoms with Crippen molar-refractivity contribution < 1.29 is 47.7 Å². The number of rotatable bonds is 12. The normalized spacial score (nSPS) is 13.5. The maximum Gasteiger partial charge on any atom is 0.227 e. The minimum absolute atomic E-state index is 0.615. The van der Waals surface area contributed by atoms with Gasteiger partial charge in [0.1, 0.15) is 35.2 Å². The zero-order chi connectivity index (χ0) is 101. The summed E-state index contributed by atoms with van der Waals surface area (Å²) in [5, 5.41) is 23.2. The highest BCUT2D eigenvalue weighted by molar-refractivity contribution is 6.28. The zero-order valence-electron chi connectivity index (χ0n) is 87.1. The van der Waals surface area contributed by atoms with Crippen LogP contribution in [0.25, 0.3) is 220 Å². The van der Waals surface area contributed by atoms with Gasteiger partial charge in [-0.15, -0.1) is 0 Å². The molecule has 25 aromatic rings. The molecule has 27 rings (SSSR count). The molecule has 0 amide bonds. The van der Waals surface area contributed by atoms with E-state index in [1.54, 1.807) is 25.5 Å². The van der Waals surface area contributed by atoms with Crippen LogP contribution in [0.2, 0.25) is 0 Å². The van der Waals surface area contributed by atoms with Crippen molar-refractivity contribution in [2.24, 2.45) is 53.0 Å². The molecule has 0 bridgehead atoms. The second kappa shape index (κ2) is 38.7. The number of aromatic nitrogens is 10. The van der Waals surface area contributed by atoms with Crippen molar-refractivity contribution in [2.75, 3.05) is 0 Å². The fourth-order valence-corrected chi connectivity index (χ4v) is 23.7. The van der Waals surface area contributed by atoms with Crippen LogP contribution in [0.4, 0.5) is 0 Å². The fraction of sp³-hybridized carbons (Fsp3) is 0.231. The second-order valence-electron chi connectivity index (χ2n) is 40.7. The quantitative estimate of drug-likeness (QED) is 0.108. The minimum Gasteiger partial charge on any atom is -0.437 e. The van der Waals surface area contributed by atoms with E-state index in [9.17, 15) is 0 Å². The molecule has 0 radical (unpaired) electrons.